The molecule has 2 heteroatoms. The summed E-state index contributed by atoms with van der Waals surface area (Å²) >= 11 is 0. The molecular weight excluding hydrogens is 152 g/mol. The predicted octanol–water partition coefficient (Wildman–Crippen LogP) is 2.19. The largest absolute Gasteiger partial charge is 0.381 e. The summed E-state index contributed by atoms with van der Waals surface area (Å²) in [5, 5.41) is 0. The SMILES string of the molecule is COC(C/C(C)=C/C=O)C(C)C. The summed E-state index contributed by atoms with van der Waals surface area (Å²) in [4.78, 5) is 10.1. The third-order valence-electron chi connectivity index (χ3n) is 1.92. The first kappa shape index (κ1) is 11.4. The van der Waals surface area contributed by atoms with Gasteiger partial charge >= 0.3 is 0 Å². The smallest absolute Gasteiger partial charge is 0.142 e. The maximum Gasteiger partial charge on any atom is 0.142 e. The second-order valence-corrected chi connectivity index (χ2v) is 3.37. The van der Waals surface area contributed by atoms with Crippen LogP contribution in [0.3, 0.4) is 0 Å². The van der Waals surface area contributed by atoms with Crippen LogP contribution in [0.5, 0.6) is 0 Å². The van der Waals surface area contributed by atoms with Gasteiger partial charge in [-0.15, -0.1) is 0 Å². The van der Waals surface area contributed by atoms with Crippen molar-refractivity contribution in [1.29, 1.82) is 0 Å². The van der Waals surface area contributed by atoms with Gasteiger partial charge in [-0.3, -0.25) is 4.79 Å². The molecule has 2 nitrogen and oxygen atoms in total. The fourth-order valence-electron chi connectivity index (χ4n) is 1.09. The van der Waals surface area contributed by atoms with Crippen LogP contribution >= 0.6 is 0 Å². The first-order chi connectivity index (χ1) is 5.61. The molecule has 0 saturated heterocycles. The Kier molecular flexibility index (Phi) is 5.64. The molecule has 1 atom stereocenters. The molecule has 0 amide bonds. The number of rotatable bonds is 5. The maximum absolute atomic E-state index is 10.1. The molecule has 12 heavy (non-hydrogen) atoms. The molecule has 0 aliphatic carbocycles. The second-order valence-electron chi connectivity index (χ2n) is 3.37. The molecule has 0 heterocycles. The van der Waals surface area contributed by atoms with E-state index in [4.69, 9.17) is 4.74 Å². The topological polar surface area (TPSA) is 26.3 Å². The van der Waals surface area contributed by atoms with E-state index >= 15 is 0 Å². The molecule has 0 spiro atoms. The summed E-state index contributed by atoms with van der Waals surface area (Å²) < 4.78 is 5.27. The zero-order valence-corrected chi connectivity index (χ0v) is 8.33. The molecular formula is C10H18O2. The zero-order chi connectivity index (χ0) is 9.56. The molecule has 0 aliphatic rings. The number of hydrogen-bond acceptors (Lipinski definition) is 2. The quantitative estimate of drug-likeness (QED) is 0.467. The minimum Gasteiger partial charge on any atom is -0.381 e. The van der Waals surface area contributed by atoms with Crippen LogP contribution in [0, 0.1) is 5.92 Å². The van der Waals surface area contributed by atoms with Gasteiger partial charge in [0.2, 0.25) is 0 Å². The Balaban J connectivity index is 4.02. The van der Waals surface area contributed by atoms with Crippen LogP contribution in [0.4, 0.5) is 0 Å². The van der Waals surface area contributed by atoms with Crippen LogP contribution < -0.4 is 0 Å². The summed E-state index contributed by atoms with van der Waals surface area (Å²) in [6, 6.07) is 0. The van der Waals surface area contributed by atoms with Crippen molar-refractivity contribution >= 4 is 6.29 Å². The van der Waals surface area contributed by atoms with Crippen LogP contribution in [-0.2, 0) is 9.53 Å². The summed E-state index contributed by atoms with van der Waals surface area (Å²) in [7, 11) is 1.71. The number of aldehydes is 1. The highest BCUT2D eigenvalue weighted by atomic mass is 16.5. The Bertz CT molecular complexity index is 159. The summed E-state index contributed by atoms with van der Waals surface area (Å²) in [6.45, 7) is 6.17. The van der Waals surface area contributed by atoms with Crippen molar-refractivity contribution in [1.82, 2.24) is 0 Å². The van der Waals surface area contributed by atoms with Crippen LogP contribution in [0.1, 0.15) is 27.2 Å². The standard InChI is InChI=1S/C10H18O2/c1-8(2)10(12-4)7-9(3)5-6-11/h5-6,8,10H,7H2,1-4H3/b9-5+. The van der Waals surface area contributed by atoms with Crippen molar-refractivity contribution in [2.24, 2.45) is 5.92 Å². The molecule has 0 aromatic heterocycles. The molecule has 0 fully saturated rings. The molecule has 0 radical (unpaired) electrons. The van der Waals surface area contributed by atoms with Crippen molar-refractivity contribution in [3.8, 4) is 0 Å². The lowest BCUT2D eigenvalue weighted by Gasteiger charge is -2.18. The van der Waals surface area contributed by atoms with Gasteiger partial charge in [-0.05, 0) is 25.3 Å². The number of hydrogen-bond donors (Lipinski definition) is 0. The Labute approximate surface area is 74.6 Å². The summed E-state index contributed by atoms with van der Waals surface area (Å²) in [5.41, 5.74) is 1.07. The fraction of sp³-hybridized carbons (Fsp3) is 0.700. The van der Waals surface area contributed by atoms with E-state index in [0.717, 1.165) is 18.3 Å². The van der Waals surface area contributed by atoms with Crippen LogP contribution in [0.25, 0.3) is 0 Å². The van der Waals surface area contributed by atoms with E-state index in [1.54, 1.807) is 13.2 Å². The van der Waals surface area contributed by atoms with Gasteiger partial charge < -0.3 is 4.74 Å². The van der Waals surface area contributed by atoms with Gasteiger partial charge in [-0.1, -0.05) is 19.4 Å². The third kappa shape index (κ3) is 4.29. The highest BCUT2D eigenvalue weighted by Gasteiger charge is 2.11. The van der Waals surface area contributed by atoms with E-state index in [0.29, 0.717) is 5.92 Å². The molecule has 0 N–H and O–H groups in total. The van der Waals surface area contributed by atoms with Crippen LogP contribution in [-0.4, -0.2) is 19.5 Å². The minimum atomic E-state index is 0.223. The Morgan fingerprint density at radius 2 is 2.08 bits per heavy atom. The fourth-order valence-corrected chi connectivity index (χ4v) is 1.09. The lowest BCUT2D eigenvalue weighted by atomic mass is 10.00. The number of carbonyl (C=O) groups excluding carboxylic acids is 1. The molecule has 0 aromatic carbocycles. The molecule has 0 saturated carbocycles. The first-order valence-electron chi connectivity index (χ1n) is 4.25. The van der Waals surface area contributed by atoms with Crippen molar-refractivity contribution in [2.75, 3.05) is 7.11 Å². The Hall–Kier alpha value is -0.630. The normalized spacial score (nSPS) is 14.9. The number of ether oxygens (including phenoxy) is 1. The van der Waals surface area contributed by atoms with E-state index in [1.807, 2.05) is 6.92 Å². The molecule has 0 rings (SSSR count). The first-order valence-corrected chi connectivity index (χ1v) is 4.25. The highest BCUT2D eigenvalue weighted by molar-refractivity contribution is 5.65. The monoisotopic (exact) mass is 170 g/mol. The number of carbonyl (C=O) groups is 1. The lowest BCUT2D eigenvalue weighted by molar-refractivity contribution is -0.104. The molecule has 0 aliphatic heterocycles. The van der Waals surface area contributed by atoms with Crippen molar-refractivity contribution in [3.05, 3.63) is 11.6 Å². The van der Waals surface area contributed by atoms with Gasteiger partial charge in [0.1, 0.15) is 6.29 Å². The van der Waals surface area contributed by atoms with Crippen molar-refractivity contribution < 1.29 is 9.53 Å². The van der Waals surface area contributed by atoms with Gasteiger partial charge in [-0.2, -0.15) is 0 Å². The maximum atomic E-state index is 10.1. The third-order valence-corrected chi connectivity index (χ3v) is 1.92. The Morgan fingerprint density at radius 3 is 2.42 bits per heavy atom. The van der Waals surface area contributed by atoms with Gasteiger partial charge in [0, 0.05) is 7.11 Å². The average Bonchev–Trinajstić information content (AvgIpc) is 2.00. The van der Waals surface area contributed by atoms with Crippen molar-refractivity contribution in [2.45, 2.75) is 33.3 Å². The van der Waals surface area contributed by atoms with Crippen LogP contribution in [0.15, 0.2) is 11.6 Å². The second kappa shape index (κ2) is 5.95. The summed E-state index contributed by atoms with van der Waals surface area (Å²) in [5.74, 6) is 0.491. The van der Waals surface area contributed by atoms with Gasteiger partial charge in [0.25, 0.3) is 0 Å². The van der Waals surface area contributed by atoms with E-state index in [1.165, 1.54) is 0 Å². The summed E-state index contributed by atoms with van der Waals surface area (Å²) in [6.07, 6.45) is 3.48. The Morgan fingerprint density at radius 1 is 1.50 bits per heavy atom. The van der Waals surface area contributed by atoms with E-state index < -0.39 is 0 Å². The lowest BCUT2D eigenvalue weighted by Crippen LogP contribution is -2.18. The average molecular weight is 170 g/mol. The number of allylic oxidation sites excluding steroid dienone is 1. The molecule has 1 unspecified atom stereocenters. The highest BCUT2D eigenvalue weighted by Crippen LogP contribution is 2.14. The molecule has 70 valence electrons. The minimum absolute atomic E-state index is 0.223. The van der Waals surface area contributed by atoms with Gasteiger partial charge in [0.15, 0.2) is 0 Å². The van der Waals surface area contributed by atoms with Crippen LogP contribution in [0.2, 0.25) is 0 Å². The van der Waals surface area contributed by atoms with Gasteiger partial charge in [0.05, 0.1) is 6.10 Å². The molecule has 0 bridgehead atoms. The number of methoxy groups -OCH3 is 1. The zero-order valence-electron chi connectivity index (χ0n) is 8.33. The van der Waals surface area contributed by atoms with Crippen molar-refractivity contribution in [3.63, 3.8) is 0 Å². The predicted molar refractivity (Wildman–Crippen MR) is 50.1 cm³/mol. The molecule has 0 aromatic rings. The van der Waals surface area contributed by atoms with Gasteiger partial charge in [-0.25, -0.2) is 0 Å². The van der Waals surface area contributed by atoms with E-state index in [9.17, 15) is 4.79 Å². The van der Waals surface area contributed by atoms with E-state index in [2.05, 4.69) is 13.8 Å². The van der Waals surface area contributed by atoms with E-state index in [-0.39, 0.29) is 6.10 Å².